The van der Waals surface area contributed by atoms with Crippen LogP contribution in [0, 0.1) is 0 Å². The molecule has 0 heterocycles. The fraction of sp³-hybridized carbons (Fsp3) is 0.385. The number of urea groups is 1. The number of carbonyl (C=O) groups is 2. The minimum absolute atomic E-state index is 0.155. The van der Waals surface area contributed by atoms with Gasteiger partial charge in [-0.1, -0.05) is 0 Å². The van der Waals surface area contributed by atoms with Crippen LogP contribution in [0.25, 0.3) is 0 Å². The predicted molar refractivity (Wildman–Crippen MR) is 71.3 cm³/mol. The van der Waals surface area contributed by atoms with Crippen LogP contribution in [0.3, 0.4) is 0 Å². The molecule has 0 aliphatic rings. The van der Waals surface area contributed by atoms with Gasteiger partial charge in [0.05, 0.1) is 17.7 Å². The number of benzene rings is 1. The molecule has 0 radical (unpaired) electrons. The molecule has 0 bridgehead atoms. The molecule has 2 amide bonds. The molecular weight excluding hydrogens is 248 g/mol. The maximum Gasteiger partial charge on any atom is 0.335 e. The molecule has 0 saturated heterocycles. The van der Waals surface area contributed by atoms with Gasteiger partial charge in [0.25, 0.3) is 0 Å². The van der Waals surface area contributed by atoms with E-state index < -0.39 is 11.6 Å². The number of carboxylic acids is 1. The van der Waals surface area contributed by atoms with Gasteiger partial charge >= 0.3 is 12.0 Å². The van der Waals surface area contributed by atoms with Gasteiger partial charge in [-0.3, -0.25) is 0 Å². The lowest BCUT2D eigenvalue weighted by Crippen LogP contribution is -2.41. The quantitative estimate of drug-likeness (QED) is 0.772. The van der Waals surface area contributed by atoms with Gasteiger partial charge in [0.1, 0.15) is 0 Å². The van der Waals surface area contributed by atoms with Crippen LogP contribution in [0.2, 0.25) is 0 Å². The third kappa shape index (κ3) is 4.97. The number of nitrogens with zero attached hydrogens (tertiary/aromatic N) is 1. The van der Waals surface area contributed by atoms with E-state index in [1.165, 1.54) is 29.2 Å². The van der Waals surface area contributed by atoms with E-state index >= 15 is 0 Å². The maximum absolute atomic E-state index is 11.8. The van der Waals surface area contributed by atoms with E-state index in [0.717, 1.165) is 0 Å². The van der Waals surface area contributed by atoms with Crippen molar-refractivity contribution in [2.45, 2.75) is 19.4 Å². The average Bonchev–Trinajstić information content (AvgIpc) is 2.27. The minimum atomic E-state index is -1.02. The summed E-state index contributed by atoms with van der Waals surface area (Å²) in [5.74, 6) is -1.02. The van der Waals surface area contributed by atoms with Crippen LogP contribution in [0.15, 0.2) is 24.3 Å². The number of aromatic carboxylic acids is 1. The molecule has 6 heteroatoms. The fourth-order valence-corrected chi connectivity index (χ4v) is 1.57. The van der Waals surface area contributed by atoms with Crippen molar-refractivity contribution in [3.8, 4) is 0 Å². The molecule has 3 N–H and O–H groups in total. The summed E-state index contributed by atoms with van der Waals surface area (Å²) < 4.78 is 0. The Balaban J connectivity index is 2.64. The van der Waals surface area contributed by atoms with Crippen LogP contribution >= 0.6 is 0 Å². The number of rotatable bonds is 4. The van der Waals surface area contributed by atoms with E-state index in [1.54, 1.807) is 20.9 Å². The van der Waals surface area contributed by atoms with Crippen LogP contribution in [-0.2, 0) is 0 Å². The van der Waals surface area contributed by atoms with Gasteiger partial charge in [-0.2, -0.15) is 0 Å². The van der Waals surface area contributed by atoms with E-state index in [-0.39, 0.29) is 18.1 Å². The number of carbonyl (C=O) groups excluding carboxylic acids is 1. The number of aliphatic hydroxyl groups is 1. The molecule has 1 aromatic rings. The van der Waals surface area contributed by atoms with Gasteiger partial charge in [-0.05, 0) is 38.1 Å². The Morgan fingerprint density at radius 1 is 1.26 bits per heavy atom. The first-order chi connectivity index (χ1) is 8.69. The normalized spacial score (nSPS) is 10.9. The highest BCUT2D eigenvalue weighted by molar-refractivity contribution is 5.91. The Labute approximate surface area is 111 Å². The van der Waals surface area contributed by atoms with Crippen molar-refractivity contribution in [2.75, 3.05) is 18.9 Å². The van der Waals surface area contributed by atoms with Gasteiger partial charge in [-0.25, -0.2) is 9.59 Å². The molecule has 1 rings (SSSR count). The summed E-state index contributed by atoms with van der Waals surface area (Å²) in [4.78, 5) is 23.8. The molecular formula is C13H18N2O4. The highest BCUT2D eigenvalue weighted by Crippen LogP contribution is 2.11. The van der Waals surface area contributed by atoms with Crippen molar-refractivity contribution >= 4 is 17.7 Å². The molecule has 0 aromatic heterocycles. The topological polar surface area (TPSA) is 89.9 Å². The smallest absolute Gasteiger partial charge is 0.335 e. The molecule has 1 aromatic carbocycles. The van der Waals surface area contributed by atoms with E-state index in [2.05, 4.69) is 5.32 Å². The van der Waals surface area contributed by atoms with E-state index in [0.29, 0.717) is 5.69 Å². The second-order valence-electron chi connectivity index (χ2n) is 4.98. The molecule has 0 spiro atoms. The molecule has 0 aliphatic heterocycles. The second-order valence-corrected chi connectivity index (χ2v) is 4.98. The summed E-state index contributed by atoms with van der Waals surface area (Å²) in [6, 6.07) is 5.48. The number of nitrogens with one attached hydrogen (secondary N) is 1. The summed E-state index contributed by atoms with van der Waals surface area (Å²) in [6.07, 6.45) is 0. The highest BCUT2D eigenvalue weighted by Gasteiger charge is 2.19. The summed E-state index contributed by atoms with van der Waals surface area (Å²) >= 11 is 0. The van der Waals surface area contributed by atoms with E-state index in [1.807, 2.05) is 0 Å². The van der Waals surface area contributed by atoms with E-state index in [4.69, 9.17) is 5.11 Å². The zero-order valence-corrected chi connectivity index (χ0v) is 11.2. The lowest BCUT2D eigenvalue weighted by atomic mass is 10.1. The van der Waals surface area contributed by atoms with Crippen LogP contribution in [-0.4, -0.2) is 46.3 Å². The van der Waals surface area contributed by atoms with Gasteiger partial charge < -0.3 is 20.4 Å². The summed E-state index contributed by atoms with van der Waals surface area (Å²) in [7, 11) is 1.57. The van der Waals surface area contributed by atoms with Crippen molar-refractivity contribution in [3.05, 3.63) is 29.8 Å². The number of hydrogen-bond acceptors (Lipinski definition) is 3. The van der Waals surface area contributed by atoms with Crippen molar-refractivity contribution in [1.29, 1.82) is 0 Å². The number of likely N-dealkylation sites (N-methyl/N-ethyl adjacent to an activating group) is 1. The summed E-state index contributed by atoms with van der Waals surface area (Å²) in [6.45, 7) is 3.41. The Bertz CT molecular complexity index is 463. The number of amides is 2. The molecule has 104 valence electrons. The second kappa shape index (κ2) is 5.71. The first-order valence-electron chi connectivity index (χ1n) is 5.77. The van der Waals surface area contributed by atoms with Gasteiger partial charge in [-0.15, -0.1) is 0 Å². The molecule has 0 atom stereocenters. The first kappa shape index (κ1) is 15.0. The SMILES string of the molecule is CN(CC(C)(C)O)C(=O)Nc1ccc(C(=O)O)cc1. The Morgan fingerprint density at radius 3 is 2.21 bits per heavy atom. The largest absolute Gasteiger partial charge is 0.478 e. The standard InChI is InChI=1S/C13H18N2O4/c1-13(2,19)8-15(3)12(18)14-10-6-4-9(5-7-10)11(16)17/h4-7,19H,8H2,1-3H3,(H,14,18)(H,16,17). The van der Waals surface area contributed by atoms with Gasteiger partial charge in [0.15, 0.2) is 0 Å². The van der Waals surface area contributed by atoms with Crippen LogP contribution < -0.4 is 5.32 Å². The number of hydrogen-bond donors (Lipinski definition) is 3. The summed E-state index contributed by atoms with van der Waals surface area (Å²) in [5.41, 5.74) is -0.320. The van der Waals surface area contributed by atoms with Crippen LogP contribution in [0.1, 0.15) is 24.2 Å². The van der Waals surface area contributed by atoms with Gasteiger partial charge in [0.2, 0.25) is 0 Å². The molecule has 6 nitrogen and oxygen atoms in total. The predicted octanol–water partition coefficient (Wildman–Crippen LogP) is 1.62. The Kier molecular flexibility index (Phi) is 4.50. The minimum Gasteiger partial charge on any atom is -0.478 e. The third-order valence-corrected chi connectivity index (χ3v) is 2.35. The van der Waals surface area contributed by atoms with Crippen molar-refractivity contribution in [1.82, 2.24) is 4.90 Å². The van der Waals surface area contributed by atoms with Gasteiger partial charge in [0, 0.05) is 12.7 Å². The van der Waals surface area contributed by atoms with E-state index in [9.17, 15) is 14.7 Å². The van der Waals surface area contributed by atoms with Crippen molar-refractivity contribution in [3.63, 3.8) is 0 Å². The van der Waals surface area contributed by atoms with Crippen molar-refractivity contribution < 1.29 is 19.8 Å². The maximum atomic E-state index is 11.8. The van der Waals surface area contributed by atoms with Crippen molar-refractivity contribution in [2.24, 2.45) is 0 Å². The number of carboxylic acid groups (broad SMARTS) is 1. The molecule has 0 saturated carbocycles. The monoisotopic (exact) mass is 266 g/mol. The highest BCUT2D eigenvalue weighted by atomic mass is 16.4. The molecule has 19 heavy (non-hydrogen) atoms. The summed E-state index contributed by atoms with van der Waals surface area (Å²) in [5, 5.41) is 21.0. The zero-order valence-electron chi connectivity index (χ0n) is 11.2. The average molecular weight is 266 g/mol. The Morgan fingerprint density at radius 2 is 1.79 bits per heavy atom. The number of anilines is 1. The first-order valence-corrected chi connectivity index (χ1v) is 5.77. The van der Waals surface area contributed by atoms with Crippen LogP contribution in [0.4, 0.5) is 10.5 Å². The molecule has 0 fully saturated rings. The third-order valence-electron chi connectivity index (χ3n) is 2.35. The Hall–Kier alpha value is -2.08. The lowest BCUT2D eigenvalue weighted by molar-refractivity contribution is 0.0550. The fourth-order valence-electron chi connectivity index (χ4n) is 1.57. The molecule has 0 aliphatic carbocycles. The zero-order chi connectivity index (χ0) is 14.6. The lowest BCUT2D eigenvalue weighted by Gasteiger charge is -2.25. The molecule has 0 unspecified atom stereocenters. The van der Waals surface area contributed by atoms with Crippen LogP contribution in [0.5, 0.6) is 0 Å².